The predicted molar refractivity (Wildman–Crippen MR) is 110 cm³/mol. The van der Waals surface area contributed by atoms with E-state index in [1.54, 1.807) is 12.1 Å². The van der Waals surface area contributed by atoms with E-state index >= 15 is 0 Å². The van der Waals surface area contributed by atoms with Crippen molar-refractivity contribution >= 4 is 29.5 Å². The van der Waals surface area contributed by atoms with Gasteiger partial charge in [0.15, 0.2) is 11.6 Å². The quantitative estimate of drug-likeness (QED) is 0.509. The molecular weight excluding hydrogens is 436 g/mol. The molecule has 1 unspecified atom stereocenters. The minimum Gasteiger partial charge on any atom is -0.352 e. The summed E-state index contributed by atoms with van der Waals surface area (Å²) in [6.45, 7) is 0.254. The van der Waals surface area contributed by atoms with E-state index in [2.05, 4.69) is 10.6 Å². The number of rotatable bonds is 6. The number of nitrogens with zero attached hydrogens (tertiary/aromatic N) is 1. The van der Waals surface area contributed by atoms with Gasteiger partial charge in [0.25, 0.3) is 17.7 Å². The number of imide groups is 2. The van der Waals surface area contributed by atoms with Crippen LogP contribution in [0.4, 0.5) is 8.78 Å². The molecule has 0 saturated carbocycles. The molecule has 8 nitrogen and oxygen atoms in total. The Bertz CT molecular complexity index is 1200. The van der Waals surface area contributed by atoms with E-state index in [4.69, 9.17) is 0 Å². The lowest BCUT2D eigenvalue weighted by Gasteiger charge is -2.27. The van der Waals surface area contributed by atoms with Crippen LogP contribution in [0.3, 0.4) is 0 Å². The minimum atomic E-state index is -1.11. The lowest BCUT2D eigenvalue weighted by Crippen LogP contribution is -2.54. The Morgan fingerprint density at radius 1 is 1.00 bits per heavy atom. The van der Waals surface area contributed by atoms with Gasteiger partial charge in [-0.15, -0.1) is 0 Å². The third kappa shape index (κ3) is 4.36. The second-order valence-electron chi connectivity index (χ2n) is 7.82. The predicted octanol–water partition coefficient (Wildman–Crippen LogP) is 1.73. The van der Waals surface area contributed by atoms with Crippen LogP contribution in [0.1, 0.15) is 55.9 Å². The maximum Gasteiger partial charge on any atom is 0.262 e. The van der Waals surface area contributed by atoms with Gasteiger partial charge in [-0.1, -0.05) is 6.07 Å². The van der Waals surface area contributed by atoms with E-state index in [1.807, 2.05) is 0 Å². The molecule has 1 saturated heterocycles. The average Bonchev–Trinajstić information content (AvgIpc) is 3.03. The third-order valence-corrected chi connectivity index (χ3v) is 5.61. The number of benzene rings is 2. The molecule has 0 spiro atoms. The van der Waals surface area contributed by atoms with E-state index in [9.17, 15) is 32.8 Å². The number of amides is 5. The summed E-state index contributed by atoms with van der Waals surface area (Å²) in [4.78, 5) is 62.0. The van der Waals surface area contributed by atoms with Crippen molar-refractivity contribution in [1.29, 1.82) is 0 Å². The average molecular weight is 455 g/mol. The molecule has 0 bridgehead atoms. The van der Waals surface area contributed by atoms with Crippen LogP contribution < -0.4 is 10.6 Å². The molecule has 0 radical (unpaired) electrons. The zero-order valence-corrected chi connectivity index (χ0v) is 17.3. The van der Waals surface area contributed by atoms with Crippen LogP contribution in [0.5, 0.6) is 0 Å². The fourth-order valence-electron chi connectivity index (χ4n) is 3.91. The van der Waals surface area contributed by atoms with Crippen molar-refractivity contribution in [3.63, 3.8) is 0 Å². The lowest BCUT2D eigenvalue weighted by molar-refractivity contribution is -0.136. The summed E-state index contributed by atoms with van der Waals surface area (Å²) in [5.41, 5.74) is 1.14. The highest BCUT2D eigenvalue weighted by molar-refractivity contribution is 6.23. The topological polar surface area (TPSA) is 113 Å². The maximum atomic E-state index is 13.3. The zero-order chi connectivity index (χ0) is 23.7. The molecule has 1 atom stereocenters. The van der Waals surface area contributed by atoms with Gasteiger partial charge in [0.1, 0.15) is 6.04 Å². The molecule has 4 rings (SSSR count). The highest BCUT2D eigenvalue weighted by Crippen LogP contribution is 2.28. The fraction of sp³-hybridized carbons (Fsp3) is 0.261. The Hall–Kier alpha value is -3.95. The smallest absolute Gasteiger partial charge is 0.262 e. The summed E-state index contributed by atoms with van der Waals surface area (Å²) in [6.07, 6.45) is 1.10. The van der Waals surface area contributed by atoms with Crippen molar-refractivity contribution in [3.05, 3.63) is 70.3 Å². The Morgan fingerprint density at radius 3 is 2.48 bits per heavy atom. The SMILES string of the molecule is O=C1CCC(N2C(=O)c3ccc(CCCNC(=O)c4ccc(F)c(F)c4)cc3C2=O)C(=O)N1. The van der Waals surface area contributed by atoms with E-state index in [0.717, 1.165) is 22.6 Å². The lowest BCUT2D eigenvalue weighted by atomic mass is 10.0. The molecule has 0 aromatic heterocycles. The summed E-state index contributed by atoms with van der Waals surface area (Å²) in [7, 11) is 0. The summed E-state index contributed by atoms with van der Waals surface area (Å²) in [5, 5.41) is 4.76. The summed E-state index contributed by atoms with van der Waals surface area (Å²) >= 11 is 0. The van der Waals surface area contributed by atoms with Gasteiger partial charge in [0.05, 0.1) is 11.1 Å². The Kier molecular flexibility index (Phi) is 5.99. The van der Waals surface area contributed by atoms with Crippen LogP contribution in [0.15, 0.2) is 36.4 Å². The molecule has 2 aliphatic heterocycles. The number of piperidine rings is 1. The first-order valence-corrected chi connectivity index (χ1v) is 10.3. The van der Waals surface area contributed by atoms with Crippen molar-refractivity contribution in [2.75, 3.05) is 6.54 Å². The van der Waals surface area contributed by atoms with Gasteiger partial charge in [0.2, 0.25) is 11.8 Å². The first-order valence-electron chi connectivity index (χ1n) is 10.3. The highest BCUT2D eigenvalue weighted by atomic mass is 19.2. The van der Waals surface area contributed by atoms with Gasteiger partial charge in [-0.3, -0.25) is 34.2 Å². The molecular formula is C23H19F2N3O5. The molecule has 2 aromatic rings. The molecule has 0 aliphatic carbocycles. The summed E-state index contributed by atoms with van der Waals surface area (Å²) in [5.74, 6) is -4.94. The van der Waals surface area contributed by atoms with Crippen LogP contribution >= 0.6 is 0 Å². The molecule has 33 heavy (non-hydrogen) atoms. The number of fused-ring (bicyclic) bond motifs is 1. The standard InChI is InChI=1S/C23H19F2N3O5/c24-16-6-4-13(11-17(16)25)20(30)26-9-1-2-12-3-5-14-15(10-12)23(33)28(22(14)32)18-7-8-19(29)27-21(18)31/h3-6,10-11,18H,1-2,7-9H2,(H,26,30)(H,27,29,31). The maximum absolute atomic E-state index is 13.3. The van der Waals surface area contributed by atoms with Crippen molar-refractivity contribution in [3.8, 4) is 0 Å². The number of hydrogen-bond acceptors (Lipinski definition) is 5. The van der Waals surface area contributed by atoms with Crippen molar-refractivity contribution in [2.24, 2.45) is 0 Å². The largest absolute Gasteiger partial charge is 0.352 e. The number of nitrogens with one attached hydrogen (secondary N) is 2. The van der Waals surface area contributed by atoms with Crippen LogP contribution in [0, 0.1) is 11.6 Å². The molecule has 1 fully saturated rings. The first kappa shape index (κ1) is 22.3. The number of carbonyl (C=O) groups excluding carboxylic acids is 5. The molecule has 2 heterocycles. The van der Waals surface area contributed by atoms with Gasteiger partial charge in [-0.25, -0.2) is 8.78 Å². The van der Waals surface area contributed by atoms with E-state index in [0.29, 0.717) is 12.8 Å². The second kappa shape index (κ2) is 8.89. The Morgan fingerprint density at radius 2 is 1.76 bits per heavy atom. The zero-order valence-electron chi connectivity index (χ0n) is 17.3. The number of carbonyl (C=O) groups is 5. The van der Waals surface area contributed by atoms with Crippen molar-refractivity contribution in [1.82, 2.24) is 15.5 Å². The molecule has 2 N–H and O–H groups in total. The van der Waals surface area contributed by atoms with Crippen LogP contribution in [-0.2, 0) is 16.0 Å². The molecule has 2 aliphatic rings. The van der Waals surface area contributed by atoms with E-state index < -0.39 is 47.2 Å². The molecule has 170 valence electrons. The first-order chi connectivity index (χ1) is 15.8. The molecule has 2 aromatic carbocycles. The van der Waals surface area contributed by atoms with Crippen LogP contribution in [-0.4, -0.2) is 47.0 Å². The number of halogens is 2. The summed E-state index contributed by atoms with van der Waals surface area (Å²) in [6, 6.07) is 6.66. The minimum absolute atomic E-state index is 0.00378. The Balaban J connectivity index is 1.36. The van der Waals surface area contributed by atoms with Gasteiger partial charge in [-0.2, -0.15) is 0 Å². The fourth-order valence-corrected chi connectivity index (χ4v) is 3.91. The van der Waals surface area contributed by atoms with Crippen LogP contribution in [0.25, 0.3) is 0 Å². The molecule has 5 amide bonds. The summed E-state index contributed by atoms with van der Waals surface area (Å²) < 4.78 is 26.2. The van der Waals surface area contributed by atoms with Gasteiger partial charge >= 0.3 is 0 Å². The second-order valence-corrected chi connectivity index (χ2v) is 7.82. The highest BCUT2D eigenvalue weighted by Gasteiger charge is 2.44. The third-order valence-electron chi connectivity index (χ3n) is 5.61. The van der Waals surface area contributed by atoms with Gasteiger partial charge in [0, 0.05) is 18.5 Å². The number of hydrogen-bond donors (Lipinski definition) is 2. The van der Waals surface area contributed by atoms with Crippen LogP contribution in [0.2, 0.25) is 0 Å². The van der Waals surface area contributed by atoms with Gasteiger partial charge < -0.3 is 5.32 Å². The Labute approximate surface area is 186 Å². The van der Waals surface area contributed by atoms with Crippen molar-refractivity contribution in [2.45, 2.75) is 31.7 Å². The van der Waals surface area contributed by atoms with E-state index in [-0.39, 0.29) is 36.1 Å². The van der Waals surface area contributed by atoms with Crippen molar-refractivity contribution < 1.29 is 32.8 Å². The van der Waals surface area contributed by atoms with E-state index in [1.165, 1.54) is 12.1 Å². The van der Waals surface area contributed by atoms with Gasteiger partial charge in [-0.05, 0) is 55.2 Å². The molecule has 10 heteroatoms. The normalized spacial score (nSPS) is 17.8. The monoisotopic (exact) mass is 455 g/mol. The number of aryl methyl sites for hydroxylation is 1.